The first kappa shape index (κ1) is 15.8. The molecule has 1 aliphatic rings. The van der Waals surface area contributed by atoms with E-state index in [0.29, 0.717) is 18.4 Å². The van der Waals surface area contributed by atoms with Crippen molar-refractivity contribution in [2.75, 3.05) is 18.0 Å². The third-order valence-corrected chi connectivity index (χ3v) is 4.01. The van der Waals surface area contributed by atoms with Crippen LogP contribution in [0, 0.1) is 0 Å². The summed E-state index contributed by atoms with van der Waals surface area (Å²) in [4.78, 5) is 13.2. The molecule has 1 saturated heterocycles. The van der Waals surface area contributed by atoms with Gasteiger partial charge in [-0.25, -0.2) is 9.97 Å². The van der Waals surface area contributed by atoms with Crippen molar-refractivity contribution in [2.45, 2.75) is 31.6 Å². The van der Waals surface area contributed by atoms with E-state index in [1.54, 1.807) is 12.4 Å². The Hall–Kier alpha value is -2.09. The van der Waals surface area contributed by atoms with Gasteiger partial charge in [0, 0.05) is 37.7 Å². The van der Waals surface area contributed by atoms with Crippen LogP contribution in [0.25, 0.3) is 0 Å². The summed E-state index contributed by atoms with van der Waals surface area (Å²) in [5, 5.41) is 3.44. The molecule has 0 spiro atoms. The number of anilines is 1. The van der Waals surface area contributed by atoms with Gasteiger partial charge in [0.1, 0.15) is 11.6 Å². The van der Waals surface area contributed by atoms with Crippen molar-refractivity contribution in [1.29, 1.82) is 0 Å². The molecule has 1 fully saturated rings. The first-order valence-corrected chi connectivity index (χ1v) is 7.52. The predicted octanol–water partition coefficient (Wildman–Crippen LogP) is 2.58. The van der Waals surface area contributed by atoms with E-state index in [1.807, 2.05) is 4.90 Å². The van der Waals surface area contributed by atoms with E-state index in [2.05, 4.69) is 20.3 Å². The average molecular weight is 325 g/mol. The summed E-state index contributed by atoms with van der Waals surface area (Å²) >= 11 is 0. The SMILES string of the molecule is FC(F)(F)c1ccc(N2CCC(NCc3ncc[nH]3)CC2)nc1. The molecular weight excluding hydrogens is 307 g/mol. The van der Waals surface area contributed by atoms with Gasteiger partial charge < -0.3 is 15.2 Å². The first-order chi connectivity index (χ1) is 11.0. The summed E-state index contributed by atoms with van der Waals surface area (Å²) in [5.74, 6) is 1.50. The summed E-state index contributed by atoms with van der Waals surface area (Å²) in [6, 6.07) is 2.91. The number of piperidine rings is 1. The molecule has 1 aliphatic heterocycles. The summed E-state index contributed by atoms with van der Waals surface area (Å²) in [6.45, 7) is 2.23. The molecule has 124 valence electrons. The van der Waals surface area contributed by atoms with Gasteiger partial charge in [0.2, 0.25) is 0 Å². The summed E-state index contributed by atoms with van der Waals surface area (Å²) in [7, 11) is 0. The molecule has 0 atom stereocenters. The van der Waals surface area contributed by atoms with Crippen molar-refractivity contribution in [1.82, 2.24) is 20.3 Å². The monoisotopic (exact) mass is 325 g/mol. The zero-order valence-corrected chi connectivity index (χ0v) is 12.5. The molecule has 3 heterocycles. The van der Waals surface area contributed by atoms with Crippen LogP contribution in [0.2, 0.25) is 0 Å². The van der Waals surface area contributed by atoms with Crippen molar-refractivity contribution in [3.05, 3.63) is 42.1 Å². The number of nitrogens with zero attached hydrogens (tertiary/aromatic N) is 3. The Morgan fingerprint density at radius 1 is 1.22 bits per heavy atom. The highest BCUT2D eigenvalue weighted by Gasteiger charge is 2.31. The van der Waals surface area contributed by atoms with Gasteiger partial charge in [-0.2, -0.15) is 13.2 Å². The Morgan fingerprint density at radius 3 is 2.57 bits per heavy atom. The number of aromatic nitrogens is 3. The Labute approximate surface area is 131 Å². The number of alkyl halides is 3. The van der Waals surface area contributed by atoms with E-state index < -0.39 is 11.7 Å². The van der Waals surface area contributed by atoms with Crippen LogP contribution in [-0.4, -0.2) is 34.1 Å². The third-order valence-electron chi connectivity index (χ3n) is 4.01. The number of hydrogen-bond donors (Lipinski definition) is 2. The van der Waals surface area contributed by atoms with Crippen molar-refractivity contribution in [3.8, 4) is 0 Å². The molecule has 8 heteroatoms. The molecule has 0 radical (unpaired) electrons. The Morgan fingerprint density at radius 2 is 2.00 bits per heavy atom. The van der Waals surface area contributed by atoms with Crippen molar-refractivity contribution >= 4 is 5.82 Å². The molecule has 0 aromatic carbocycles. The standard InChI is InChI=1S/C15H18F3N5/c16-15(17,18)11-1-2-14(22-9-11)23-7-3-12(4-8-23)21-10-13-19-5-6-20-13/h1-2,5-6,9,12,21H,3-4,7-8,10H2,(H,19,20). The van der Waals surface area contributed by atoms with Crippen LogP contribution >= 0.6 is 0 Å². The first-order valence-electron chi connectivity index (χ1n) is 7.52. The summed E-state index contributed by atoms with van der Waals surface area (Å²) < 4.78 is 37.6. The van der Waals surface area contributed by atoms with E-state index in [0.717, 1.165) is 44.0 Å². The van der Waals surface area contributed by atoms with E-state index in [9.17, 15) is 13.2 Å². The number of aromatic amines is 1. The Bertz CT molecular complexity index is 601. The van der Waals surface area contributed by atoms with Crippen LogP contribution in [-0.2, 0) is 12.7 Å². The number of rotatable bonds is 4. The molecule has 0 unspecified atom stereocenters. The van der Waals surface area contributed by atoms with Gasteiger partial charge in [0.25, 0.3) is 0 Å². The van der Waals surface area contributed by atoms with Crippen LogP contribution in [0.3, 0.4) is 0 Å². The number of H-pyrrole nitrogens is 1. The minimum atomic E-state index is -4.34. The molecular formula is C15H18F3N5. The minimum Gasteiger partial charge on any atom is -0.357 e. The fraction of sp³-hybridized carbons (Fsp3) is 0.467. The fourth-order valence-corrected chi connectivity index (χ4v) is 2.69. The molecule has 0 bridgehead atoms. The summed E-state index contributed by atoms with van der Waals surface area (Å²) in [6.07, 6.45) is 1.91. The highest BCUT2D eigenvalue weighted by atomic mass is 19.4. The van der Waals surface area contributed by atoms with Crippen LogP contribution in [0.4, 0.5) is 19.0 Å². The number of pyridine rings is 1. The predicted molar refractivity (Wildman–Crippen MR) is 79.9 cm³/mol. The van der Waals surface area contributed by atoms with Crippen LogP contribution in [0.1, 0.15) is 24.2 Å². The molecule has 3 rings (SSSR count). The van der Waals surface area contributed by atoms with E-state index in [-0.39, 0.29) is 0 Å². The lowest BCUT2D eigenvalue weighted by atomic mass is 10.0. The topological polar surface area (TPSA) is 56.8 Å². The second-order valence-electron chi connectivity index (χ2n) is 5.58. The fourth-order valence-electron chi connectivity index (χ4n) is 2.69. The zero-order chi connectivity index (χ0) is 16.3. The Balaban J connectivity index is 1.50. The second kappa shape index (κ2) is 6.57. The summed E-state index contributed by atoms with van der Waals surface area (Å²) in [5.41, 5.74) is -0.712. The molecule has 5 nitrogen and oxygen atoms in total. The average Bonchev–Trinajstić information content (AvgIpc) is 3.06. The second-order valence-corrected chi connectivity index (χ2v) is 5.58. The maximum atomic E-state index is 12.5. The van der Waals surface area contributed by atoms with Gasteiger partial charge in [-0.15, -0.1) is 0 Å². The largest absolute Gasteiger partial charge is 0.417 e. The number of hydrogen-bond acceptors (Lipinski definition) is 4. The highest BCUT2D eigenvalue weighted by molar-refractivity contribution is 5.40. The van der Waals surface area contributed by atoms with E-state index >= 15 is 0 Å². The van der Waals surface area contributed by atoms with Crippen molar-refractivity contribution in [2.24, 2.45) is 0 Å². The van der Waals surface area contributed by atoms with Crippen molar-refractivity contribution < 1.29 is 13.2 Å². The maximum Gasteiger partial charge on any atom is 0.417 e. The van der Waals surface area contributed by atoms with Gasteiger partial charge in [-0.3, -0.25) is 0 Å². The van der Waals surface area contributed by atoms with Crippen LogP contribution in [0.15, 0.2) is 30.7 Å². The smallest absolute Gasteiger partial charge is 0.357 e. The highest BCUT2D eigenvalue weighted by Crippen LogP contribution is 2.29. The quantitative estimate of drug-likeness (QED) is 0.907. The Kier molecular flexibility index (Phi) is 4.51. The molecule has 0 amide bonds. The van der Waals surface area contributed by atoms with Gasteiger partial charge in [0.05, 0.1) is 12.1 Å². The number of nitrogens with one attached hydrogen (secondary N) is 2. The normalized spacial score (nSPS) is 16.7. The lowest BCUT2D eigenvalue weighted by Gasteiger charge is -2.33. The third kappa shape index (κ3) is 4.01. The lowest BCUT2D eigenvalue weighted by Crippen LogP contribution is -2.42. The molecule has 0 aliphatic carbocycles. The van der Waals surface area contributed by atoms with Gasteiger partial charge in [-0.1, -0.05) is 0 Å². The van der Waals surface area contributed by atoms with Crippen LogP contribution in [0.5, 0.6) is 0 Å². The zero-order valence-electron chi connectivity index (χ0n) is 12.5. The molecule has 2 aromatic rings. The molecule has 2 N–H and O–H groups in total. The van der Waals surface area contributed by atoms with E-state index in [4.69, 9.17) is 0 Å². The molecule has 23 heavy (non-hydrogen) atoms. The van der Waals surface area contributed by atoms with Gasteiger partial charge in [0.15, 0.2) is 0 Å². The lowest BCUT2D eigenvalue weighted by molar-refractivity contribution is -0.137. The van der Waals surface area contributed by atoms with Gasteiger partial charge >= 0.3 is 6.18 Å². The van der Waals surface area contributed by atoms with Gasteiger partial charge in [-0.05, 0) is 25.0 Å². The number of halogens is 3. The van der Waals surface area contributed by atoms with E-state index in [1.165, 1.54) is 6.07 Å². The molecule has 0 saturated carbocycles. The van der Waals surface area contributed by atoms with Crippen LogP contribution < -0.4 is 10.2 Å². The van der Waals surface area contributed by atoms with Crippen molar-refractivity contribution in [3.63, 3.8) is 0 Å². The maximum absolute atomic E-state index is 12.5. The minimum absolute atomic E-state index is 0.380. The number of imidazole rings is 1. The molecule has 2 aromatic heterocycles.